The summed E-state index contributed by atoms with van der Waals surface area (Å²) in [6.07, 6.45) is 0. The van der Waals surface area contributed by atoms with Crippen molar-refractivity contribution in [3.63, 3.8) is 0 Å². The highest BCUT2D eigenvalue weighted by atomic mass is 35.5. The van der Waals surface area contributed by atoms with Crippen LogP contribution in [0.4, 0.5) is 0 Å². The van der Waals surface area contributed by atoms with Crippen LogP contribution in [0.2, 0.25) is 15.1 Å². The summed E-state index contributed by atoms with van der Waals surface area (Å²) >= 11 is 22.8. The first kappa shape index (κ1) is 22.9. The molecule has 0 aliphatic rings. The standard InChI is InChI=1S/C19H22Cl3NO2S2/c1-10(2)17(18(26)13-6-11(3)5-12(4)7-13)23-27(24,25)19-15(21)8-14(20)9-16(19)22/h5-10,17-18,23,26H,1-4H3. The first-order valence-corrected chi connectivity index (χ1v) is 11.5. The molecule has 0 radical (unpaired) electrons. The SMILES string of the molecule is Cc1cc(C)cc(C(S)C(NS(=O)(=O)c2c(Cl)cc(Cl)cc2Cl)C(C)C)c1. The van der Waals surface area contributed by atoms with E-state index in [1.54, 1.807) is 0 Å². The van der Waals surface area contributed by atoms with Crippen molar-refractivity contribution in [2.75, 3.05) is 0 Å². The molecule has 0 saturated heterocycles. The van der Waals surface area contributed by atoms with Gasteiger partial charge in [0.15, 0.2) is 0 Å². The van der Waals surface area contributed by atoms with Crippen molar-refractivity contribution in [1.82, 2.24) is 4.72 Å². The van der Waals surface area contributed by atoms with Crippen LogP contribution in [0.3, 0.4) is 0 Å². The molecule has 2 aromatic rings. The number of hydrogen-bond donors (Lipinski definition) is 2. The topological polar surface area (TPSA) is 46.2 Å². The van der Waals surface area contributed by atoms with Gasteiger partial charge in [-0.1, -0.05) is 78.0 Å². The quantitative estimate of drug-likeness (QED) is 0.495. The van der Waals surface area contributed by atoms with Gasteiger partial charge in [0.05, 0.1) is 10.0 Å². The van der Waals surface area contributed by atoms with Gasteiger partial charge in [-0.3, -0.25) is 0 Å². The van der Waals surface area contributed by atoms with Crippen molar-refractivity contribution in [2.24, 2.45) is 5.92 Å². The Morgan fingerprint density at radius 3 is 1.85 bits per heavy atom. The highest BCUT2D eigenvalue weighted by molar-refractivity contribution is 7.89. The molecule has 2 aromatic carbocycles. The van der Waals surface area contributed by atoms with E-state index in [1.807, 2.05) is 39.8 Å². The monoisotopic (exact) mass is 465 g/mol. The Bertz CT molecular complexity index is 903. The largest absolute Gasteiger partial charge is 0.243 e. The lowest BCUT2D eigenvalue weighted by molar-refractivity contribution is 0.441. The van der Waals surface area contributed by atoms with E-state index in [-0.39, 0.29) is 31.1 Å². The first-order valence-electron chi connectivity index (χ1n) is 8.35. The van der Waals surface area contributed by atoms with Gasteiger partial charge in [-0.05, 0) is 37.5 Å². The van der Waals surface area contributed by atoms with Gasteiger partial charge in [-0.2, -0.15) is 12.6 Å². The molecule has 0 heterocycles. The lowest BCUT2D eigenvalue weighted by atomic mass is 9.94. The molecule has 0 aliphatic heterocycles. The van der Waals surface area contributed by atoms with E-state index in [0.717, 1.165) is 16.7 Å². The van der Waals surface area contributed by atoms with Crippen molar-refractivity contribution in [1.29, 1.82) is 0 Å². The van der Waals surface area contributed by atoms with E-state index >= 15 is 0 Å². The van der Waals surface area contributed by atoms with Crippen molar-refractivity contribution in [2.45, 2.75) is 43.9 Å². The maximum atomic E-state index is 13.0. The Hall–Kier alpha value is -0.430. The summed E-state index contributed by atoms with van der Waals surface area (Å²) in [4.78, 5) is -0.179. The smallest absolute Gasteiger partial charge is 0.207 e. The third-order valence-corrected chi connectivity index (χ3v) is 7.38. The van der Waals surface area contributed by atoms with E-state index in [4.69, 9.17) is 47.4 Å². The minimum absolute atomic E-state index is 0.0204. The van der Waals surface area contributed by atoms with Crippen molar-refractivity contribution < 1.29 is 8.42 Å². The van der Waals surface area contributed by atoms with Gasteiger partial charge in [0.2, 0.25) is 10.0 Å². The predicted molar refractivity (Wildman–Crippen MR) is 118 cm³/mol. The Morgan fingerprint density at radius 1 is 0.926 bits per heavy atom. The van der Waals surface area contributed by atoms with Crippen molar-refractivity contribution in [3.8, 4) is 0 Å². The molecule has 148 valence electrons. The molecule has 8 heteroatoms. The van der Waals surface area contributed by atoms with Crippen molar-refractivity contribution in [3.05, 3.63) is 62.1 Å². The summed E-state index contributed by atoms with van der Waals surface area (Å²) in [5.74, 6) is -0.0204. The summed E-state index contributed by atoms with van der Waals surface area (Å²) in [6, 6.07) is 8.33. The Morgan fingerprint density at radius 2 is 1.41 bits per heavy atom. The summed E-state index contributed by atoms with van der Waals surface area (Å²) < 4.78 is 28.8. The molecule has 27 heavy (non-hydrogen) atoms. The molecule has 2 rings (SSSR count). The number of aryl methyl sites for hydroxylation is 2. The molecular weight excluding hydrogens is 445 g/mol. The molecule has 0 aromatic heterocycles. The fourth-order valence-electron chi connectivity index (χ4n) is 2.98. The molecule has 1 N–H and O–H groups in total. The van der Waals surface area contributed by atoms with E-state index < -0.39 is 16.1 Å². The summed E-state index contributed by atoms with van der Waals surface area (Å²) in [5.41, 5.74) is 3.14. The van der Waals surface area contributed by atoms with Gasteiger partial charge in [0.1, 0.15) is 4.90 Å². The Labute approximate surface area is 181 Å². The van der Waals surface area contributed by atoms with Crippen LogP contribution in [-0.2, 0) is 10.0 Å². The lowest BCUT2D eigenvalue weighted by Gasteiger charge is -2.29. The number of thiol groups is 1. The van der Waals surface area contributed by atoms with Gasteiger partial charge in [0.25, 0.3) is 0 Å². The highest BCUT2D eigenvalue weighted by Crippen LogP contribution is 2.35. The van der Waals surface area contributed by atoms with Crippen LogP contribution < -0.4 is 4.72 Å². The molecule has 3 nitrogen and oxygen atoms in total. The summed E-state index contributed by atoms with van der Waals surface area (Å²) in [5, 5.41) is -0.121. The molecule has 0 fully saturated rings. The lowest BCUT2D eigenvalue weighted by Crippen LogP contribution is -2.41. The molecule has 2 unspecified atom stereocenters. The molecule has 0 bridgehead atoms. The normalized spacial score (nSPS) is 14.4. The first-order chi connectivity index (χ1) is 12.4. The zero-order valence-corrected chi connectivity index (χ0v) is 19.4. The van der Waals surface area contributed by atoms with Crippen LogP contribution >= 0.6 is 47.4 Å². The van der Waals surface area contributed by atoms with Crippen LogP contribution in [0.15, 0.2) is 35.2 Å². The second kappa shape index (κ2) is 8.93. The number of hydrogen-bond acceptors (Lipinski definition) is 3. The van der Waals surface area contributed by atoms with Gasteiger partial charge in [0, 0.05) is 16.3 Å². The van der Waals surface area contributed by atoms with Crippen LogP contribution in [0.25, 0.3) is 0 Å². The molecule has 0 saturated carbocycles. The number of sulfonamides is 1. The molecule has 0 aliphatic carbocycles. The van der Waals surface area contributed by atoms with Crippen LogP contribution in [0.1, 0.15) is 35.8 Å². The fourth-order valence-corrected chi connectivity index (χ4v) is 6.59. The van der Waals surface area contributed by atoms with Crippen LogP contribution in [0.5, 0.6) is 0 Å². The maximum Gasteiger partial charge on any atom is 0.243 e. The highest BCUT2D eigenvalue weighted by Gasteiger charge is 2.31. The minimum atomic E-state index is -3.98. The average Bonchev–Trinajstić information content (AvgIpc) is 2.49. The molecule has 2 atom stereocenters. The Balaban J connectivity index is 2.43. The number of benzene rings is 2. The zero-order chi connectivity index (χ0) is 20.5. The third kappa shape index (κ3) is 5.55. The summed E-state index contributed by atoms with van der Waals surface area (Å²) in [7, 11) is -3.98. The predicted octanol–water partition coefficient (Wildman–Crippen LogP) is 6.24. The third-order valence-electron chi connectivity index (χ3n) is 4.17. The van der Waals surface area contributed by atoms with E-state index in [0.29, 0.717) is 0 Å². The summed E-state index contributed by atoms with van der Waals surface area (Å²) in [6.45, 7) is 7.87. The van der Waals surface area contributed by atoms with Crippen LogP contribution in [0, 0.1) is 19.8 Å². The van der Waals surface area contributed by atoms with Crippen LogP contribution in [-0.4, -0.2) is 14.5 Å². The molecule has 0 amide bonds. The zero-order valence-electron chi connectivity index (χ0n) is 15.4. The van der Waals surface area contributed by atoms with Gasteiger partial charge >= 0.3 is 0 Å². The maximum absolute atomic E-state index is 13.0. The number of halogens is 3. The number of nitrogens with one attached hydrogen (secondary N) is 1. The minimum Gasteiger partial charge on any atom is -0.207 e. The number of rotatable bonds is 6. The van der Waals surface area contributed by atoms with E-state index in [9.17, 15) is 8.42 Å². The van der Waals surface area contributed by atoms with Gasteiger partial charge in [-0.25, -0.2) is 13.1 Å². The average molecular weight is 467 g/mol. The van der Waals surface area contributed by atoms with E-state index in [1.165, 1.54) is 12.1 Å². The molecule has 0 spiro atoms. The fraction of sp³-hybridized carbons (Fsp3) is 0.368. The van der Waals surface area contributed by atoms with E-state index in [2.05, 4.69) is 10.8 Å². The van der Waals surface area contributed by atoms with Crippen molar-refractivity contribution >= 4 is 57.5 Å². The Kier molecular flexibility index (Phi) is 7.56. The van der Waals surface area contributed by atoms with Gasteiger partial charge in [-0.15, -0.1) is 0 Å². The molecular formula is C19H22Cl3NO2S2. The second-order valence-electron chi connectivity index (χ2n) is 6.96. The van der Waals surface area contributed by atoms with Gasteiger partial charge < -0.3 is 0 Å². The second-order valence-corrected chi connectivity index (χ2v) is 10.4.